The second kappa shape index (κ2) is 10.4. The number of carboxylic acid groups (broad SMARTS) is 1. The maximum atomic E-state index is 12.8. The van der Waals surface area contributed by atoms with Crippen LogP contribution in [0, 0.1) is 0 Å². The van der Waals surface area contributed by atoms with Crippen molar-refractivity contribution in [3.63, 3.8) is 0 Å². The van der Waals surface area contributed by atoms with Crippen molar-refractivity contribution in [3.8, 4) is 0 Å². The predicted octanol–water partition coefficient (Wildman–Crippen LogP) is 2.64. The first-order valence-corrected chi connectivity index (χ1v) is 10.5. The van der Waals surface area contributed by atoms with Crippen molar-refractivity contribution in [2.75, 3.05) is 5.32 Å². The molecule has 164 valence electrons. The topological polar surface area (TPSA) is 130 Å². The van der Waals surface area contributed by atoms with Crippen LogP contribution < -0.4 is 10.0 Å². The van der Waals surface area contributed by atoms with E-state index in [1.807, 2.05) is 0 Å². The molecule has 0 bridgehead atoms. The van der Waals surface area contributed by atoms with Gasteiger partial charge < -0.3 is 15.0 Å². The number of rotatable bonds is 8. The van der Waals surface area contributed by atoms with Gasteiger partial charge >= 0.3 is 5.97 Å². The van der Waals surface area contributed by atoms with Crippen molar-refractivity contribution in [3.05, 3.63) is 77.8 Å². The van der Waals surface area contributed by atoms with E-state index in [1.54, 1.807) is 10.8 Å². The normalized spacial score (nSPS) is 11.9. The fourth-order valence-electron chi connectivity index (χ4n) is 2.61. The van der Waals surface area contributed by atoms with Crippen molar-refractivity contribution in [2.24, 2.45) is 0 Å². The molecule has 9 nitrogen and oxygen atoms in total. The lowest BCUT2D eigenvalue weighted by atomic mass is 10.2. The Bertz CT molecular complexity index is 1150. The van der Waals surface area contributed by atoms with Gasteiger partial charge in [0.25, 0.3) is 0 Å². The maximum absolute atomic E-state index is 12.8. The van der Waals surface area contributed by atoms with Gasteiger partial charge in [0.2, 0.25) is 15.9 Å². The molecule has 0 radical (unpaired) electrons. The van der Waals surface area contributed by atoms with Gasteiger partial charge in [-0.1, -0.05) is 17.7 Å². The number of nitrogens with zero attached hydrogens (tertiary/aromatic N) is 2. The lowest BCUT2D eigenvalue weighted by Gasteiger charge is -2.19. The minimum atomic E-state index is -4.04. The van der Waals surface area contributed by atoms with Crippen LogP contribution in [-0.4, -0.2) is 41.0 Å². The van der Waals surface area contributed by atoms with E-state index in [2.05, 4.69) is 15.0 Å². The summed E-state index contributed by atoms with van der Waals surface area (Å²) >= 11 is 5.81. The van der Waals surface area contributed by atoms with Gasteiger partial charge in [-0.3, -0.25) is 4.79 Å². The van der Waals surface area contributed by atoms with Crippen LogP contribution >= 0.6 is 24.0 Å². The monoisotopic (exact) mass is 484 g/mol. The highest BCUT2D eigenvalue weighted by atomic mass is 35.5. The second-order valence-electron chi connectivity index (χ2n) is 6.26. The van der Waals surface area contributed by atoms with E-state index in [0.29, 0.717) is 5.02 Å². The fourth-order valence-corrected chi connectivity index (χ4v) is 3.92. The molecule has 0 saturated heterocycles. The van der Waals surface area contributed by atoms with E-state index < -0.39 is 27.9 Å². The van der Waals surface area contributed by atoms with Gasteiger partial charge in [0.1, 0.15) is 6.04 Å². The summed E-state index contributed by atoms with van der Waals surface area (Å²) in [5, 5.41) is 12.0. The molecule has 3 aromatic rings. The Morgan fingerprint density at radius 3 is 2.48 bits per heavy atom. The van der Waals surface area contributed by atoms with Gasteiger partial charge in [-0.05, 0) is 42.5 Å². The van der Waals surface area contributed by atoms with Crippen molar-refractivity contribution >= 4 is 51.6 Å². The Morgan fingerprint density at radius 2 is 1.87 bits per heavy atom. The third kappa shape index (κ3) is 6.53. The van der Waals surface area contributed by atoms with Crippen LogP contribution in [-0.2, 0) is 21.4 Å². The molecule has 0 aliphatic carbocycles. The van der Waals surface area contributed by atoms with E-state index in [-0.39, 0.29) is 35.1 Å². The summed E-state index contributed by atoms with van der Waals surface area (Å²) in [6, 6.07) is 9.95. The summed E-state index contributed by atoms with van der Waals surface area (Å²) in [6.07, 6.45) is 4.53. The molecule has 0 aliphatic heterocycles. The first-order valence-electron chi connectivity index (χ1n) is 8.62. The third-order valence-electron chi connectivity index (χ3n) is 4.07. The summed E-state index contributed by atoms with van der Waals surface area (Å²) < 4.78 is 29.4. The highest BCUT2D eigenvalue weighted by molar-refractivity contribution is 7.89. The van der Waals surface area contributed by atoms with Crippen molar-refractivity contribution in [1.82, 2.24) is 14.3 Å². The van der Waals surface area contributed by atoms with Gasteiger partial charge in [-0.15, -0.1) is 12.4 Å². The smallest absolute Gasteiger partial charge is 0.335 e. The Labute approximate surface area is 189 Å². The second-order valence-corrected chi connectivity index (χ2v) is 8.41. The molecule has 12 heteroatoms. The van der Waals surface area contributed by atoms with Crippen molar-refractivity contribution in [2.45, 2.75) is 17.5 Å². The Morgan fingerprint density at radius 1 is 1.16 bits per heavy atom. The number of halogens is 2. The number of hydrogen-bond acceptors (Lipinski definition) is 5. The molecule has 1 amide bonds. The zero-order valence-electron chi connectivity index (χ0n) is 15.8. The molecule has 0 fully saturated rings. The number of nitrogens with one attached hydrogen (secondary N) is 2. The largest absolute Gasteiger partial charge is 0.478 e. The van der Waals surface area contributed by atoms with Crippen molar-refractivity contribution in [1.29, 1.82) is 0 Å². The number of imidazole rings is 1. The number of carboxylic acids is 1. The Hall–Kier alpha value is -2.92. The van der Waals surface area contributed by atoms with Gasteiger partial charge in [-0.25, -0.2) is 18.2 Å². The molecule has 1 heterocycles. The van der Waals surface area contributed by atoms with Gasteiger partial charge in [0.05, 0.1) is 16.8 Å². The van der Waals surface area contributed by atoms with Crippen LogP contribution in [0.5, 0.6) is 0 Å². The quantitative estimate of drug-likeness (QED) is 0.450. The zero-order chi connectivity index (χ0) is 21.7. The average molecular weight is 485 g/mol. The molecule has 3 rings (SSSR count). The number of carbonyl (C=O) groups is 2. The molecule has 1 atom stereocenters. The molecule has 2 aromatic carbocycles. The molecular weight excluding hydrogens is 467 g/mol. The van der Waals surface area contributed by atoms with E-state index in [9.17, 15) is 18.0 Å². The lowest BCUT2D eigenvalue weighted by molar-refractivity contribution is -0.118. The summed E-state index contributed by atoms with van der Waals surface area (Å²) in [4.78, 5) is 27.8. The van der Waals surface area contributed by atoms with Gasteiger partial charge in [0, 0.05) is 29.6 Å². The average Bonchev–Trinajstić information content (AvgIpc) is 3.21. The van der Waals surface area contributed by atoms with Crippen LogP contribution in [0.3, 0.4) is 0 Å². The maximum Gasteiger partial charge on any atom is 0.335 e. The van der Waals surface area contributed by atoms with Crippen molar-refractivity contribution < 1.29 is 23.1 Å². The number of sulfonamides is 1. The van der Waals surface area contributed by atoms with Crippen LogP contribution in [0.15, 0.2) is 72.1 Å². The SMILES string of the molecule is Cl.O=C(O)c1cccc(NC(=O)C(Cn2ccnc2)NS(=O)(=O)c2ccc(Cl)cc2)c1. The summed E-state index contributed by atoms with van der Waals surface area (Å²) in [7, 11) is -4.04. The summed E-state index contributed by atoms with van der Waals surface area (Å²) in [5.41, 5.74) is 0.210. The standard InChI is InChI=1S/C19H17ClN4O5S.ClH/c20-14-4-6-16(7-5-14)30(28,29)23-17(11-24-9-8-21-12-24)18(25)22-15-3-1-2-13(10-15)19(26)27;/h1-10,12,17,23H,11H2,(H,22,25)(H,26,27);1H. The third-order valence-corrected chi connectivity index (χ3v) is 5.81. The van der Waals surface area contributed by atoms with Crippen LogP contribution in [0.1, 0.15) is 10.4 Å². The van der Waals surface area contributed by atoms with E-state index in [1.165, 1.54) is 61.1 Å². The number of anilines is 1. The number of carbonyl (C=O) groups excluding carboxylic acids is 1. The van der Waals surface area contributed by atoms with Crippen LogP contribution in [0.25, 0.3) is 0 Å². The molecule has 1 unspecified atom stereocenters. The molecule has 3 N–H and O–H groups in total. The molecule has 0 aliphatic rings. The van der Waals surface area contributed by atoms with Crippen LogP contribution in [0.2, 0.25) is 5.02 Å². The van der Waals surface area contributed by atoms with Crippen LogP contribution in [0.4, 0.5) is 5.69 Å². The molecule has 31 heavy (non-hydrogen) atoms. The zero-order valence-corrected chi connectivity index (χ0v) is 18.2. The highest BCUT2D eigenvalue weighted by Gasteiger charge is 2.26. The Kier molecular flexibility index (Phi) is 8.17. The molecule has 1 aromatic heterocycles. The molecule has 0 spiro atoms. The minimum absolute atomic E-state index is 0. The van der Waals surface area contributed by atoms with E-state index >= 15 is 0 Å². The highest BCUT2D eigenvalue weighted by Crippen LogP contribution is 2.16. The minimum Gasteiger partial charge on any atom is -0.478 e. The summed E-state index contributed by atoms with van der Waals surface area (Å²) in [6.45, 7) is -0.0305. The van der Waals surface area contributed by atoms with E-state index in [0.717, 1.165) is 0 Å². The number of hydrogen-bond donors (Lipinski definition) is 3. The number of amides is 1. The number of aromatic carboxylic acids is 1. The molecule has 0 saturated carbocycles. The predicted molar refractivity (Wildman–Crippen MR) is 117 cm³/mol. The van der Waals surface area contributed by atoms with Gasteiger partial charge in [-0.2, -0.15) is 4.72 Å². The summed E-state index contributed by atoms with van der Waals surface area (Å²) in [5.74, 6) is -1.81. The first kappa shape index (κ1) is 24.4. The van der Waals surface area contributed by atoms with E-state index in [4.69, 9.17) is 16.7 Å². The first-order chi connectivity index (χ1) is 14.2. The number of aromatic nitrogens is 2. The lowest BCUT2D eigenvalue weighted by Crippen LogP contribution is -2.46. The van der Waals surface area contributed by atoms with Gasteiger partial charge in [0.15, 0.2) is 0 Å². The number of benzene rings is 2. The fraction of sp³-hybridized carbons (Fsp3) is 0.105. The Balaban J connectivity index is 0.00000341. The molecular formula is C19H18Cl2N4O5S.